The lowest BCUT2D eigenvalue weighted by atomic mass is 9.86. The topological polar surface area (TPSA) is 80.5 Å². The highest BCUT2D eigenvalue weighted by molar-refractivity contribution is 7.90. The van der Waals surface area contributed by atoms with E-state index < -0.39 is 15.9 Å². The first-order chi connectivity index (χ1) is 6.95. The second-order valence-electron chi connectivity index (χ2n) is 5.23. The summed E-state index contributed by atoms with van der Waals surface area (Å²) in [6, 6.07) is -0.614. The van der Waals surface area contributed by atoms with Crippen LogP contribution < -0.4 is 5.73 Å². The van der Waals surface area contributed by atoms with Crippen LogP contribution in [0.3, 0.4) is 0 Å². The standard InChI is InChI=1S/C10H22N2O3S/c1-10(2,3)8(11)9(13)12(4)6-7-16(5,14)15/h8H,6-7,11H2,1-5H3/t8-/m0/s1. The number of amides is 1. The fourth-order valence-electron chi connectivity index (χ4n) is 1.02. The molecule has 0 aromatic rings. The Morgan fingerprint density at radius 3 is 2.12 bits per heavy atom. The van der Waals surface area contributed by atoms with Crippen LogP contribution in [-0.4, -0.2) is 50.9 Å². The van der Waals surface area contributed by atoms with Gasteiger partial charge in [-0.3, -0.25) is 4.79 Å². The van der Waals surface area contributed by atoms with Crippen molar-refractivity contribution in [3.63, 3.8) is 0 Å². The molecule has 5 nitrogen and oxygen atoms in total. The number of nitrogens with zero attached hydrogens (tertiary/aromatic N) is 1. The molecule has 16 heavy (non-hydrogen) atoms. The first-order valence-corrected chi connectivity index (χ1v) is 7.19. The number of sulfone groups is 1. The Morgan fingerprint density at radius 2 is 1.81 bits per heavy atom. The smallest absolute Gasteiger partial charge is 0.239 e. The number of nitrogens with two attached hydrogens (primary N) is 1. The Labute approximate surface area is 97.9 Å². The van der Waals surface area contributed by atoms with Crippen LogP contribution in [0.4, 0.5) is 0 Å². The molecule has 0 radical (unpaired) electrons. The fraction of sp³-hybridized carbons (Fsp3) is 0.900. The second kappa shape index (κ2) is 5.14. The van der Waals surface area contributed by atoms with Crippen LogP contribution in [0.5, 0.6) is 0 Å². The highest BCUT2D eigenvalue weighted by Gasteiger charge is 2.29. The third kappa shape index (κ3) is 5.46. The van der Waals surface area contributed by atoms with Crippen molar-refractivity contribution < 1.29 is 13.2 Å². The Morgan fingerprint density at radius 1 is 1.38 bits per heavy atom. The van der Waals surface area contributed by atoms with E-state index in [2.05, 4.69) is 0 Å². The number of hydrogen-bond acceptors (Lipinski definition) is 4. The molecule has 0 heterocycles. The van der Waals surface area contributed by atoms with Crippen molar-refractivity contribution in [2.75, 3.05) is 25.6 Å². The summed E-state index contributed by atoms with van der Waals surface area (Å²) in [6.07, 6.45) is 1.15. The molecule has 0 bridgehead atoms. The minimum atomic E-state index is -3.05. The van der Waals surface area contributed by atoms with Gasteiger partial charge in [-0.05, 0) is 5.41 Å². The first kappa shape index (κ1) is 15.4. The molecule has 0 aromatic heterocycles. The molecular weight excluding hydrogens is 228 g/mol. The summed E-state index contributed by atoms with van der Waals surface area (Å²) < 4.78 is 21.9. The zero-order chi connectivity index (χ0) is 13.1. The molecule has 0 fully saturated rings. The summed E-state index contributed by atoms with van der Waals surface area (Å²) in [4.78, 5) is 13.2. The average molecular weight is 250 g/mol. The molecular formula is C10H22N2O3S. The lowest BCUT2D eigenvalue weighted by Crippen LogP contribution is -2.50. The van der Waals surface area contributed by atoms with Crippen molar-refractivity contribution in [2.24, 2.45) is 11.1 Å². The van der Waals surface area contributed by atoms with Gasteiger partial charge in [-0.15, -0.1) is 0 Å². The van der Waals surface area contributed by atoms with Gasteiger partial charge in [0.05, 0.1) is 11.8 Å². The van der Waals surface area contributed by atoms with E-state index in [0.717, 1.165) is 6.26 Å². The molecule has 0 spiro atoms. The molecule has 0 rings (SSSR count). The summed E-state index contributed by atoms with van der Waals surface area (Å²) in [5.74, 6) is -0.261. The maximum atomic E-state index is 11.8. The molecule has 1 atom stereocenters. The van der Waals surface area contributed by atoms with Gasteiger partial charge in [-0.1, -0.05) is 20.8 Å². The predicted octanol–water partition coefficient (Wildman–Crippen LogP) is -0.137. The maximum absolute atomic E-state index is 11.8. The van der Waals surface area contributed by atoms with Crippen LogP contribution in [0.15, 0.2) is 0 Å². The summed E-state index contributed by atoms with van der Waals surface area (Å²) in [5.41, 5.74) is 5.47. The molecule has 1 amide bonds. The first-order valence-electron chi connectivity index (χ1n) is 5.13. The monoisotopic (exact) mass is 250 g/mol. The van der Waals surface area contributed by atoms with Crippen molar-refractivity contribution in [3.8, 4) is 0 Å². The van der Waals surface area contributed by atoms with Crippen LogP contribution in [-0.2, 0) is 14.6 Å². The highest BCUT2D eigenvalue weighted by Crippen LogP contribution is 2.18. The van der Waals surface area contributed by atoms with Gasteiger partial charge in [0.2, 0.25) is 5.91 Å². The molecule has 6 heteroatoms. The van der Waals surface area contributed by atoms with E-state index in [9.17, 15) is 13.2 Å². The minimum Gasteiger partial charge on any atom is -0.343 e. The number of carbonyl (C=O) groups is 1. The number of rotatable bonds is 4. The molecule has 0 aliphatic heterocycles. The summed E-state index contributed by atoms with van der Waals surface area (Å²) in [5, 5.41) is 0. The van der Waals surface area contributed by atoms with E-state index in [4.69, 9.17) is 5.73 Å². The normalized spacial score (nSPS) is 14.6. The van der Waals surface area contributed by atoms with Gasteiger partial charge in [-0.2, -0.15) is 0 Å². The molecule has 96 valence electrons. The van der Waals surface area contributed by atoms with Crippen molar-refractivity contribution >= 4 is 15.7 Å². The average Bonchev–Trinajstić information content (AvgIpc) is 2.09. The fourth-order valence-corrected chi connectivity index (χ4v) is 1.63. The van der Waals surface area contributed by atoms with Crippen LogP contribution in [0.25, 0.3) is 0 Å². The maximum Gasteiger partial charge on any atom is 0.239 e. The van der Waals surface area contributed by atoms with Gasteiger partial charge in [0.1, 0.15) is 9.84 Å². The van der Waals surface area contributed by atoms with Gasteiger partial charge < -0.3 is 10.6 Å². The Kier molecular flexibility index (Phi) is 4.94. The number of likely N-dealkylation sites (N-methyl/N-ethyl adjacent to an activating group) is 1. The molecule has 2 N–H and O–H groups in total. The molecule has 0 saturated carbocycles. The van der Waals surface area contributed by atoms with Crippen molar-refractivity contribution in [3.05, 3.63) is 0 Å². The van der Waals surface area contributed by atoms with E-state index in [1.807, 2.05) is 20.8 Å². The lowest BCUT2D eigenvalue weighted by molar-refractivity contribution is -0.133. The van der Waals surface area contributed by atoms with E-state index in [1.54, 1.807) is 7.05 Å². The van der Waals surface area contributed by atoms with Crippen molar-refractivity contribution in [1.82, 2.24) is 4.90 Å². The summed E-state index contributed by atoms with van der Waals surface area (Å²) in [7, 11) is -1.48. The SMILES string of the molecule is CN(CCS(C)(=O)=O)C(=O)[C@H](N)C(C)(C)C. The van der Waals surface area contributed by atoms with Gasteiger partial charge >= 0.3 is 0 Å². The number of hydrogen-bond donors (Lipinski definition) is 1. The summed E-state index contributed by atoms with van der Waals surface area (Å²) >= 11 is 0. The molecule has 0 unspecified atom stereocenters. The lowest BCUT2D eigenvalue weighted by Gasteiger charge is -2.29. The van der Waals surface area contributed by atoms with Crippen molar-refractivity contribution in [1.29, 1.82) is 0 Å². The molecule has 0 saturated heterocycles. The quantitative estimate of drug-likeness (QED) is 0.753. The largest absolute Gasteiger partial charge is 0.343 e. The van der Waals surface area contributed by atoms with Gasteiger partial charge in [0, 0.05) is 19.8 Å². The number of carbonyl (C=O) groups excluding carboxylic acids is 1. The van der Waals surface area contributed by atoms with E-state index in [1.165, 1.54) is 4.90 Å². The van der Waals surface area contributed by atoms with Crippen molar-refractivity contribution in [2.45, 2.75) is 26.8 Å². The molecule has 0 aromatic carbocycles. The van der Waals surface area contributed by atoms with Crippen LogP contribution in [0, 0.1) is 5.41 Å². The van der Waals surface area contributed by atoms with Crippen LogP contribution in [0.2, 0.25) is 0 Å². The minimum absolute atomic E-state index is 0.0356. The van der Waals surface area contributed by atoms with Crippen LogP contribution >= 0.6 is 0 Å². The third-order valence-corrected chi connectivity index (χ3v) is 3.30. The Balaban J connectivity index is 4.41. The molecule has 0 aliphatic carbocycles. The van der Waals surface area contributed by atoms with E-state index in [0.29, 0.717) is 0 Å². The van der Waals surface area contributed by atoms with E-state index in [-0.39, 0.29) is 23.6 Å². The zero-order valence-corrected chi connectivity index (χ0v) is 11.5. The zero-order valence-electron chi connectivity index (χ0n) is 10.6. The van der Waals surface area contributed by atoms with Gasteiger partial charge in [-0.25, -0.2) is 8.42 Å². The van der Waals surface area contributed by atoms with Gasteiger partial charge in [0.25, 0.3) is 0 Å². The third-order valence-electron chi connectivity index (χ3n) is 2.37. The van der Waals surface area contributed by atoms with E-state index >= 15 is 0 Å². The summed E-state index contributed by atoms with van der Waals surface area (Å²) in [6.45, 7) is 5.81. The molecule has 0 aliphatic rings. The predicted molar refractivity (Wildman–Crippen MR) is 64.8 cm³/mol. The van der Waals surface area contributed by atoms with Gasteiger partial charge in [0.15, 0.2) is 0 Å². The van der Waals surface area contributed by atoms with Crippen LogP contribution in [0.1, 0.15) is 20.8 Å². The second-order valence-corrected chi connectivity index (χ2v) is 7.49. The highest BCUT2D eigenvalue weighted by atomic mass is 32.2. The Hall–Kier alpha value is -0.620. The Bertz CT molecular complexity index is 344.